The van der Waals surface area contributed by atoms with E-state index in [1.54, 1.807) is 48.5 Å². The zero-order valence-electron chi connectivity index (χ0n) is 12.3. The Balaban J connectivity index is 1.98. The fourth-order valence-electron chi connectivity index (χ4n) is 1.94. The molecule has 4 heteroatoms. The van der Waals surface area contributed by atoms with E-state index in [1.807, 2.05) is 6.07 Å². The first-order valence-corrected chi connectivity index (χ1v) is 7.04. The second-order valence-electron chi connectivity index (χ2n) is 5.04. The van der Waals surface area contributed by atoms with Crippen LogP contribution in [0.15, 0.2) is 48.5 Å². The number of nitriles is 1. The summed E-state index contributed by atoms with van der Waals surface area (Å²) in [6.45, 7) is 1.53. The van der Waals surface area contributed by atoms with Crippen LogP contribution in [0.5, 0.6) is 5.75 Å². The number of benzene rings is 2. The van der Waals surface area contributed by atoms with E-state index in [4.69, 9.17) is 10.00 Å². The van der Waals surface area contributed by atoms with Crippen molar-refractivity contribution in [2.45, 2.75) is 25.9 Å². The Morgan fingerprint density at radius 2 is 1.82 bits per heavy atom. The van der Waals surface area contributed by atoms with Crippen LogP contribution in [0.3, 0.4) is 0 Å². The van der Waals surface area contributed by atoms with Crippen LogP contribution >= 0.6 is 0 Å². The van der Waals surface area contributed by atoms with Gasteiger partial charge in [-0.25, -0.2) is 9.18 Å². The van der Waals surface area contributed by atoms with Gasteiger partial charge in [-0.2, -0.15) is 5.26 Å². The number of halogens is 1. The van der Waals surface area contributed by atoms with E-state index in [0.29, 0.717) is 29.7 Å². The summed E-state index contributed by atoms with van der Waals surface area (Å²) in [5, 5.41) is 8.71. The number of aryl methyl sites for hydroxylation is 1. The molecule has 3 nitrogen and oxygen atoms in total. The first-order chi connectivity index (χ1) is 10.6. The van der Waals surface area contributed by atoms with Crippen LogP contribution in [-0.4, -0.2) is 12.1 Å². The molecule has 0 radical (unpaired) electrons. The Kier molecular flexibility index (Phi) is 5.26. The first kappa shape index (κ1) is 15.7. The van der Waals surface area contributed by atoms with Crippen molar-refractivity contribution in [2.75, 3.05) is 0 Å². The van der Waals surface area contributed by atoms with E-state index in [1.165, 1.54) is 6.92 Å². The monoisotopic (exact) mass is 297 g/mol. The van der Waals surface area contributed by atoms with Crippen molar-refractivity contribution in [3.8, 4) is 11.8 Å². The van der Waals surface area contributed by atoms with Crippen molar-refractivity contribution in [3.05, 3.63) is 65.2 Å². The maximum absolute atomic E-state index is 12.8. The third kappa shape index (κ3) is 4.42. The molecule has 1 unspecified atom stereocenters. The molecule has 0 N–H and O–H groups in total. The molecule has 0 spiro atoms. The normalized spacial score (nSPS) is 11.5. The van der Waals surface area contributed by atoms with Crippen molar-refractivity contribution >= 4 is 5.97 Å². The number of hydrogen-bond donors (Lipinski definition) is 0. The van der Waals surface area contributed by atoms with E-state index in [0.717, 1.165) is 5.56 Å². The molecule has 0 aliphatic rings. The molecule has 2 aromatic rings. The second-order valence-corrected chi connectivity index (χ2v) is 5.04. The number of carbonyl (C=O) groups is 1. The lowest BCUT2D eigenvalue weighted by Crippen LogP contribution is -2.08. The van der Waals surface area contributed by atoms with Crippen LogP contribution in [-0.2, 0) is 6.42 Å². The summed E-state index contributed by atoms with van der Waals surface area (Å²) >= 11 is 0. The van der Waals surface area contributed by atoms with Crippen molar-refractivity contribution in [2.24, 2.45) is 0 Å². The Morgan fingerprint density at radius 3 is 2.36 bits per heavy atom. The number of ether oxygens (including phenoxy) is 1. The molecular formula is C18H16FNO2. The summed E-state index contributed by atoms with van der Waals surface area (Å²) < 4.78 is 18.0. The predicted molar refractivity (Wildman–Crippen MR) is 81.4 cm³/mol. The lowest BCUT2D eigenvalue weighted by molar-refractivity contribution is 0.0734. The zero-order chi connectivity index (χ0) is 15.9. The molecule has 0 aliphatic carbocycles. The fourth-order valence-corrected chi connectivity index (χ4v) is 1.94. The van der Waals surface area contributed by atoms with Gasteiger partial charge in [0.05, 0.1) is 23.4 Å². The molecule has 0 bridgehead atoms. The average molecular weight is 297 g/mol. The van der Waals surface area contributed by atoms with E-state index in [2.05, 4.69) is 0 Å². The summed E-state index contributed by atoms with van der Waals surface area (Å²) in [6.07, 6.45) is 0.276. The van der Waals surface area contributed by atoms with Crippen molar-refractivity contribution in [1.29, 1.82) is 5.26 Å². The molecule has 0 saturated heterocycles. The highest BCUT2D eigenvalue weighted by Gasteiger charge is 2.09. The molecule has 0 amide bonds. The van der Waals surface area contributed by atoms with Gasteiger partial charge >= 0.3 is 5.97 Å². The molecular weight excluding hydrogens is 281 g/mol. The molecule has 0 aromatic heterocycles. The predicted octanol–water partition coefficient (Wildman–Crippen LogP) is 4.07. The van der Waals surface area contributed by atoms with Gasteiger partial charge in [0, 0.05) is 0 Å². The molecule has 0 saturated carbocycles. The second kappa shape index (κ2) is 7.37. The number of alkyl halides is 1. The molecule has 112 valence electrons. The zero-order valence-corrected chi connectivity index (χ0v) is 12.3. The quantitative estimate of drug-likeness (QED) is 0.617. The highest BCUT2D eigenvalue weighted by atomic mass is 19.1. The average Bonchev–Trinajstić information content (AvgIpc) is 2.54. The summed E-state index contributed by atoms with van der Waals surface area (Å²) in [5.41, 5.74) is 1.92. The van der Waals surface area contributed by atoms with E-state index in [-0.39, 0.29) is 0 Å². The minimum Gasteiger partial charge on any atom is -0.423 e. The molecule has 1 atom stereocenters. The van der Waals surface area contributed by atoms with Gasteiger partial charge in [-0.1, -0.05) is 12.1 Å². The van der Waals surface area contributed by atoms with Gasteiger partial charge in [-0.15, -0.1) is 0 Å². The summed E-state index contributed by atoms with van der Waals surface area (Å²) in [6, 6.07) is 15.3. The minimum atomic E-state index is -0.832. The third-order valence-electron chi connectivity index (χ3n) is 3.21. The third-order valence-corrected chi connectivity index (χ3v) is 3.21. The van der Waals surface area contributed by atoms with Crippen molar-refractivity contribution in [1.82, 2.24) is 0 Å². The summed E-state index contributed by atoms with van der Waals surface area (Å²) in [5.74, 6) is -0.0746. The largest absolute Gasteiger partial charge is 0.423 e. The van der Waals surface area contributed by atoms with Crippen LogP contribution in [0.2, 0.25) is 0 Å². The lowest BCUT2D eigenvalue weighted by Gasteiger charge is -2.06. The number of rotatable bonds is 5. The lowest BCUT2D eigenvalue weighted by atomic mass is 10.1. The number of hydrogen-bond acceptors (Lipinski definition) is 3. The van der Waals surface area contributed by atoms with Gasteiger partial charge in [0.2, 0.25) is 0 Å². The number of esters is 1. The fraction of sp³-hybridized carbons (Fsp3) is 0.222. The SMILES string of the molecule is CC(F)CCc1ccc(C(=O)Oc2ccc(C#N)cc2)cc1. The van der Waals surface area contributed by atoms with Crippen LogP contribution in [0.25, 0.3) is 0 Å². The molecule has 2 aromatic carbocycles. The molecule has 0 fully saturated rings. The standard InChI is InChI=1S/C18H16FNO2/c1-13(19)2-3-14-4-8-16(9-5-14)18(21)22-17-10-6-15(12-20)7-11-17/h4-11,13H,2-3H2,1H3. The Hall–Kier alpha value is -2.67. The molecule has 0 heterocycles. The number of nitrogens with zero attached hydrogens (tertiary/aromatic N) is 1. The van der Waals surface area contributed by atoms with Crippen molar-refractivity contribution < 1.29 is 13.9 Å². The summed E-state index contributed by atoms with van der Waals surface area (Å²) in [4.78, 5) is 12.0. The Labute approximate surface area is 129 Å². The van der Waals surface area contributed by atoms with Crippen LogP contribution < -0.4 is 4.74 Å². The van der Waals surface area contributed by atoms with Crippen LogP contribution in [0.1, 0.15) is 34.8 Å². The van der Waals surface area contributed by atoms with E-state index >= 15 is 0 Å². The first-order valence-electron chi connectivity index (χ1n) is 7.04. The van der Waals surface area contributed by atoms with Gasteiger partial charge in [-0.05, 0) is 61.7 Å². The maximum atomic E-state index is 12.8. The topological polar surface area (TPSA) is 50.1 Å². The van der Waals surface area contributed by atoms with Crippen molar-refractivity contribution in [3.63, 3.8) is 0 Å². The number of carbonyl (C=O) groups excluding carboxylic acids is 1. The Bertz CT molecular complexity index is 670. The summed E-state index contributed by atoms with van der Waals surface area (Å²) in [7, 11) is 0. The van der Waals surface area contributed by atoms with E-state index < -0.39 is 12.1 Å². The van der Waals surface area contributed by atoms with Gasteiger partial charge in [0.25, 0.3) is 0 Å². The van der Waals surface area contributed by atoms with Gasteiger partial charge in [-0.3, -0.25) is 0 Å². The van der Waals surface area contributed by atoms with Crippen LogP contribution in [0.4, 0.5) is 4.39 Å². The highest BCUT2D eigenvalue weighted by molar-refractivity contribution is 5.91. The van der Waals surface area contributed by atoms with Gasteiger partial charge < -0.3 is 4.74 Å². The smallest absolute Gasteiger partial charge is 0.343 e. The van der Waals surface area contributed by atoms with Gasteiger partial charge in [0.15, 0.2) is 0 Å². The van der Waals surface area contributed by atoms with Gasteiger partial charge in [0.1, 0.15) is 5.75 Å². The highest BCUT2D eigenvalue weighted by Crippen LogP contribution is 2.15. The molecule has 0 aliphatic heterocycles. The molecule has 22 heavy (non-hydrogen) atoms. The maximum Gasteiger partial charge on any atom is 0.343 e. The Morgan fingerprint density at radius 1 is 1.18 bits per heavy atom. The van der Waals surface area contributed by atoms with E-state index in [9.17, 15) is 9.18 Å². The molecule has 2 rings (SSSR count). The minimum absolute atomic E-state index is 0.388. The van der Waals surface area contributed by atoms with Crippen LogP contribution in [0, 0.1) is 11.3 Å².